The average molecular weight is 333 g/mol. The zero-order valence-electron chi connectivity index (χ0n) is 13.3. The van der Waals surface area contributed by atoms with Crippen LogP contribution >= 0.6 is 11.6 Å². The lowest BCUT2D eigenvalue weighted by molar-refractivity contribution is 0.0947. The first kappa shape index (κ1) is 17.2. The second-order valence-corrected chi connectivity index (χ2v) is 5.85. The number of amides is 1. The smallest absolute Gasteiger partial charge is 0.269 e. The second kappa shape index (κ2) is 8.50. The summed E-state index contributed by atoms with van der Waals surface area (Å²) in [7, 11) is 4.01. The molecule has 0 fully saturated rings. The van der Waals surface area contributed by atoms with Crippen molar-refractivity contribution in [2.24, 2.45) is 0 Å². The summed E-state index contributed by atoms with van der Waals surface area (Å²) in [5.41, 5.74) is 1.94. The molecule has 1 amide bonds. The second-order valence-electron chi connectivity index (χ2n) is 5.45. The molecule has 122 valence electrons. The van der Waals surface area contributed by atoms with E-state index in [0.29, 0.717) is 17.3 Å². The van der Waals surface area contributed by atoms with Gasteiger partial charge in [-0.25, -0.2) is 0 Å². The first-order valence-electron chi connectivity index (χ1n) is 7.47. The molecule has 2 N–H and O–H groups in total. The van der Waals surface area contributed by atoms with Gasteiger partial charge >= 0.3 is 0 Å². The maximum atomic E-state index is 12.1. The molecule has 0 unspecified atom stereocenters. The van der Waals surface area contributed by atoms with E-state index in [2.05, 4.69) is 20.5 Å². The maximum absolute atomic E-state index is 12.1. The highest BCUT2D eigenvalue weighted by molar-refractivity contribution is 6.33. The van der Waals surface area contributed by atoms with Crippen LogP contribution in [0.2, 0.25) is 5.02 Å². The predicted molar refractivity (Wildman–Crippen MR) is 94.5 cm³/mol. The van der Waals surface area contributed by atoms with Gasteiger partial charge in [0.2, 0.25) is 0 Å². The third-order valence-electron chi connectivity index (χ3n) is 3.21. The molecule has 1 heterocycles. The summed E-state index contributed by atoms with van der Waals surface area (Å²) in [6.45, 7) is 1.56. The van der Waals surface area contributed by atoms with Crippen LogP contribution in [0.15, 0.2) is 42.6 Å². The Hall–Kier alpha value is -2.11. The van der Waals surface area contributed by atoms with Crippen molar-refractivity contribution in [2.75, 3.05) is 32.5 Å². The number of rotatable bonds is 7. The first-order chi connectivity index (χ1) is 11.1. The highest BCUT2D eigenvalue weighted by Crippen LogP contribution is 2.24. The van der Waals surface area contributed by atoms with Crippen molar-refractivity contribution < 1.29 is 4.79 Å². The zero-order valence-corrected chi connectivity index (χ0v) is 14.1. The number of anilines is 2. The van der Waals surface area contributed by atoms with Crippen molar-refractivity contribution in [3.05, 3.63) is 53.3 Å². The summed E-state index contributed by atoms with van der Waals surface area (Å²) in [5, 5.41) is 6.69. The van der Waals surface area contributed by atoms with Gasteiger partial charge in [0.1, 0.15) is 5.69 Å². The van der Waals surface area contributed by atoms with E-state index >= 15 is 0 Å². The van der Waals surface area contributed by atoms with Gasteiger partial charge in [0.25, 0.3) is 5.91 Å². The minimum absolute atomic E-state index is 0.174. The van der Waals surface area contributed by atoms with E-state index in [0.717, 1.165) is 24.3 Å². The molecule has 0 spiro atoms. The number of benzene rings is 1. The van der Waals surface area contributed by atoms with Crippen LogP contribution in [-0.4, -0.2) is 43.0 Å². The van der Waals surface area contributed by atoms with E-state index in [1.807, 2.05) is 38.4 Å². The molecule has 5 nitrogen and oxygen atoms in total. The van der Waals surface area contributed by atoms with Crippen LogP contribution in [0, 0.1) is 0 Å². The van der Waals surface area contributed by atoms with Crippen molar-refractivity contribution in [1.82, 2.24) is 15.2 Å². The SMILES string of the molecule is CN(C)CCCNC(=O)c1cc(Nc2ccccc2Cl)ccn1. The van der Waals surface area contributed by atoms with Crippen LogP contribution in [0.3, 0.4) is 0 Å². The van der Waals surface area contributed by atoms with Crippen molar-refractivity contribution in [3.8, 4) is 0 Å². The maximum Gasteiger partial charge on any atom is 0.269 e. The van der Waals surface area contributed by atoms with Gasteiger partial charge < -0.3 is 15.5 Å². The summed E-state index contributed by atoms with van der Waals surface area (Å²) in [4.78, 5) is 18.3. The number of aromatic nitrogens is 1. The van der Waals surface area contributed by atoms with Crippen molar-refractivity contribution in [2.45, 2.75) is 6.42 Å². The lowest BCUT2D eigenvalue weighted by Crippen LogP contribution is -2.27. The molecule has 0 saturated carbocycles. The molecule has 2 rings (SSSR count). The quantitative estimate of drug-likeness (QED) is 0.765. The van der Waals surface area contributed by atoms with Crippen molar-refractivity contribution in [1.29, 1.82) is 0 Å². The molecule has 0 atom stereocenters. The van der Waals surface area contributed by atoms with Crippen LogP contribution in [0.4, 0.5) is 11.4 Å². The Balaban J connectivity index is 1.96. The van der Waals surface area contributed by atoms with E-state index in [1.54, 1.807) is 18.3 Å². The summed E-state index contributed by atoms with van der Waals surface area (Å²) in [6, 6.07) is 11.0. The van der Waals surface area contributed by atoms with Gasteiger partial charge in [0.15, 0.2) is 0 Å². The molecular formula is C17H21ClN4O. The fourth-order valence-corrected chi connectivity index (χ4v) is 2.22. The topological polar surface area (TPSA) is 57.3 Å². The zero-order chi connectivity index (χ0) is 16.7. The minimum Gasteiger partial charge on any atom is -0.354 e. The molecule has 0 aliphatic rings. The van der Waals surface area contributed by atoms with Gasteiger partial charge in [-0.15, -0.1) is 0 Å². The van der Waals surface area contributed by atoms with Gasteiger partial charge in [0, 0.05) is 18.4 Å². The minimum atomic E-state index is -0.174. The fourth-order valence-electron chi connectivity index (χ4n) is 2.04. The first-order valence-corrected chi connectivity index (χ1v) is 7.84. The highest BCUT2D eigenvalue weighted by atomic mass is 35.5. The molecule has 1 aromatic heterocycles. The fraction of sp³-hybridized carbons (Fsp3) is 0.294. The molecule has 0 saturated heterocycles. The van der Waals surface area contributed by atoms with E-state index < -0.39 is 0 Å². The van der Waals surface area contributed by atoms with Gasteiger partial charge in [0.05, 0.1) is 10.7 Å². The predicted octanol–water partition coefficient (Wildman–Crippen LogP) is 3.16. The average Bonchev–Trinajstić information content (AvgIpc) is 2.54. The van der Waals surface area contributed by atoms with Crippen molar-refractivity contribution >= 4 is 28.9 Å². The summed E-state index contributed by atoms with van der Waals surface area (Å²) in [5.74, 6) is -0.174. The lowest BCUT2D eigenvalue weighted by Gasteiger charge is -2.11. The third-order valence-corrected chi connectivity index (χ3v) is 3.54. The largest absolute Gasteiger partial charge is 0.354 e. The number of pyridine rings is 1. The van der Waals surface area contributed by atoms with Crippen LogP contribution in [0.25, 0.3) is 0 Å². The number of carbonyl (C=O) groups excluding carboxylic acids is 1. The molecule has 0 aliphatic carbocycles. The number of halogens is 1. The molecule has 2 aromatic rings. The molecule has 0 aliphatic heterocycles. The molecule has 23 heavy (non-hydrogen) atoms. The molecule has 0 radical (unpaired) electrons. The van der Waals surface area contributed by atoms with Gasteiger partial charge in [-0.2, -0.15) is 0 Å². The highest BCUT2D eigenvalue weighted by Gasteiger charge is 2.08. The lowest BCUT2D eigenvalue weighted by atomic mass is 10.2. The van der Waals surface area contributed by atoms with Crippen LogP contribution in [-0.2, 0) is 0 Å². The Morgan fingerprint density at radius 2 is 2.04 bits per heavy atom. The molecule has 0 bridgehead atoms. The third kappa shape index (κ3) is 5.54. The summed E-state index contributed by atoms with van der Waals surface area (Å²) >= 11 is 6.13. The molecular weight excluding hydrogens is 312 g/mol. The number of hydrogen-bond donors (Lipinski definition) is 2. The Bertz CT molecular complexity index is 661. The number of carbonyl (C=O) groups is 1. The number of nitrogens with one attached hydrogen (secondary N) is 2. The summed E-state index contributed by atoms with van der Waals surface area (Å²) in [6.07, 6.45) is 2.50. The summed E-state index contributed by atoms with van der Waals surface area (Å²) < 4.78 is 0. The van der Waals surface area contributed by atoms with Crippen LogP contribution in [0.1, 0.15) is 16.9 Å². The van der Waals surface area contributed by atoms with E-state index in [-0.39, 0.29) is 5.91 Å². The number of hydrogen-bond acceptors (Lipinski definition) is 4. The Kier molecular flexibility index (Phi) is 6.38. The van der Waals surface area contributed by atoms with Crippen LogP contribution < -0.4 is 10.6 Å². The van der Waals surface area contributed by atoms with Gasteiger partial charge in [-0.1, -0.05) is 23.7 Å². The molecule has 1 aromatic carbocycles. The standard InChI is InChI=1S/C17H21ClN4O/c1-22(2)11-5-9-20-17(23)16-12-13(8-10-19-16)21-15-7-4-3-6-14(15)18/h3-4,6-8,10,12H,5,9,11H2,1-2H3,(H,19,21)(H,20,23). The normalized spacial score (nSPS) is 10.6. The Morgan fingerprint density at radius 3 is 2.78 bits per heavy atom. The van der Waals surface area contributed by atoms with Gasteiger partial charge in [-0.3, -0.25) is 9.78 Å². The Morgan fingerprint density at radius 1 is 1.26 bits per heavy atom. The van der Waals surface area contributed by atoms with E-state index in [1.165, 1.54) is 0 Å². The number of nitrogens with zero attached hydrogens (tertiary/aromatic N) is 2. The van der Waals surface area contributed by atoms with Crippen molar-refractivity contribution in [3.63, 3.8) is 0 Å². The van der Waals surface area contributed by atoms with Gasteiger partial charge in [-0.05, 0) is 51.3 Å². The van der Waals surface area contributed by atoms with Crippen LogP contribution in [0.5, 0.6) is 0 Å². The Labute approximate surface area is 141 Å². The van der Waals surface area contributed by atoms with E-state index in [4.69, 9.17) is 11.6 Å². The molecule has 6 heteroatoms. The van der Waals surface area contributed by atoms with E-state index in [9.17, 15) is 4.79 Å². The number of para-hydroxylation sites is 1. The monoisotopic (exact) mass is 332 g/mol.